The van der Waals surface area contributed by atoms with Crippen molar-refractivity contribution in [2.24, 2.45) is 0 Å². The molecule has 2 N–H and O–H groups in total. The zero-order chi connectivity index (χ0) is 32.1. The molecule has 2 aliphatic rings. The van der Waals surface area contributed by atoms with E-state index < -0.39 is 78.6 Å². The fourth-order valence-corrected chi connectivity index (χ4v) is 5.74. The summed E-state index contributed by atoms with van der Waals surface area (Å²) in [6.45, 7) is -1.13. The van der Waals surface area contributed by atoms with Crippen LogP contribution in [0.3, 0.4) is 0 Å². The Morgan fingerprint density at radius 2 is 1.89 bits per heavy atom. The highest BCUT2D eigenvalue weighted by Gasteiger charge is 2.55. The Kier molecular flexibility index (Phi) is 7.69. The number of allylic oxidation sites excluding steroid dienone is 3. The van der Waals surface area contributed by atoms with Gasteiger partial charge in [-0.25, -0.2) is 41.3 Å². The number of carbonyl (C=O) groups excluding carboxylic acids is 1. The van der Waals surface area contributed by atoms with Crippen LogP contribution in [0.5, 0.6) is 0 Å². The van der Waals surface area contributed by atoms with Crippen LogP contribution < -0.4 is 5.32 Å². The number of pyridine rings is 1. The molecule has 0 saturated carbocycles. The highest BCUT2D eigenvalue weighted by Crippen LogP contribution is 2.52. The van der Waals surface area contributed by atoms with Crippen LogP contribution in [-0.2, 0) is 23.2 Å². The van der Waals surface area contributed by atoms with Gasteiger partial charge in [-0.15, -0.1) is 0 Å². The summed E-state index contributed by atoms with van der Waals surface area (Å²) in [5.41, 5.74) is -2.73. The van der Waals surface area contributed by atoms with Gasteiger partial charge in [0.05, 0.1) is 17.3 Å². The minimum Gasteiger partial charge on any atom is -0.346 e. The minimum atomic E-state index is -4.02. The molecule has 16 heteroatoms. The van der Waals surface area contributed by atoms with Gasteiger partial charge in [0.25, 0.3) is 18.3 Å². The second-order valence-electron chi connectivity index (χ2n) is 10.8. The molecule has 45 heavy (non-hydrogen) atoms. The molecule has 0 aliphatic heterocycles. The van der Waals surface area contributed by atoms with Gasteiger partial charge in [-0.3, -0.25) is 9.48 Å². The van der Waals surface area contributed by atoms with Crippen LogP contribution in [0.1, 0.15) is 60.8 Å². The molecule has 236 valence electrons. The van der Waals surface area contributed by atoms with Crippen LogP contribution >= 0.6 is 0 Å². The van der Waals surface area contributed by atoms with E-state index in [1.54, 1.807) is 18.3 Å². The van der Waals surface area contributed by atoms with Crippen molar-refractivity contribution in [3.63, 3.8) is 0 Å². The van der Waals surface area contributed by atoms with Gasteiger partial charge in [0.1, 0.15) is 41.9 Å². The summed E-state index contributed by atoms with van der Waals surface area (Å²) >= 11 is 0. The number of carbonyl (C=O) groups is 1. The van der Waals surface area contributed by atoms with E-state index in [0.29, 0.717) is 16.8 Å². The molecule has 0 spiro atoms. The van der Waals surface area contributed by atoms with Crippen molar-refractivity contribution in [2.45, 2.75) is 62.7 Å². The average Bonchev–Trinajstić information content (AvgIpc) is 3.60. The molecular formula is C29H23F8N7O. The normalized spacial score (nSPS) is 19.6. The number of H-pyrrole nitrogens is 1. The summed E-state index contributed by atoms with van der Waals surface area (Å²) in [6, 6.07) is 2.35. The van der Waals surface area contributed by atoms with Crippen LogP contribution in [0.2, 0.25) is 0 Å². The molecule has 2 unspecified atom stereocenters. The fraction of sp³-hybridized carbons (Fsp3) is 0.345. The van der Waals surface area contributed by atoms with Crippen molar-refractivity contribution < 1.29 is 39.9 Å². The number of aromatic amines is 1. The molecule has 0 saturated heterocycles. The number of halogens is 8. The third kappa shape index (κ3) is 5.92. The highest BCUT2D eigenvalue weighted by molar-refractivity contribution is 5.82. The average molecular weight is 638 g/mol. The lowest BCUT2D eigenvalue weighted by Crippen LogP contribution is -2.36. The van der Waals surface area contributed by atoms with Crippen molar-refractivity contribution in [1.82, 2.24) is 35.0 Å². The third-order valence-corrected chi connectivity index (χ3v) is 7.67. The third-order valence-electron chi connectivity index (χ3n) is 7.67. The van der Waals surface area contributed by atoms with Crippen molar-refractivity contribution in [2.75, 3.05) is 0 Å². The zero-order valence-corrected chi connectivity index (χ0v) is 23.1. The van der Waals surface area contributed by atoms with Gasteiger partial charge in [0, 0.05) is 54.4 Å². The van der Waals surface area contributed by atoms with Gasteiger partial charge < -0.3 is 10.3 Å². The summed E-state index contributed by atoms with van der Waals surface area (Å²) in [4.78, 5) is 29.0. The van der Waals surface area contributed by atoms with Gasteiger partial charge >= 0.3 is 0 Å². The zero-order valence-electron chi connectivity index (χ0n) is 23.1. The number of rotatable bonds is 8. The summed E-state index contributed by atoms with van der Waals surface area (Å²) in [7, 11) is 0. The molecule has 4 heterocycles. The number of hydrogen-bond acceptors (Lipinski definition) is 5. The number of nitrogens with one attached hydrogen (secondary N) is 2. The fourth-order valence-electron chi connectivity index (χ4n) is 5.74. The van der Waals surface area contributed by atoms with E-state index in [-0.39, 0.29) is 28.8 Å². The van der Waals surface area contributed by atoms with Crippen LogP contribution in [0, 0.1) is 0 Å². The Labute approximate surface area is 249 Å². The molecule has 4 aromatic rings. The van der Waals surface area contributed by atoms with Crippen molar-refractivity contribution >= 4 is 16.9 Å². The first-order valence-electron chi connectivity index (χ1n) is 13.7. The van der Waals surface area contributed by atoms with Crippen molar-refractivity contribution in [1.29, 1.82) is 0 Å². The summed E-state index contributed by atoms with van der Waals surface area (Å²) in [6.07, 6.45) is -0.772. The highest BCUT2D eigenvalue weighted by atomic mass is 19.3. The van der Waals surface area contributed by atoms with Crippen molar-refractivity contribution in [3.8, 4) is 11.1 Å². The number of amides is 1. The van der Waals surface area contributed by atoms with E-state index >= 15 is 0 Å². The standard InChI is InChI=1S/C29H23F8N7O/c30-17-5-14(6-18(31)9-17)7-20(23-19(11-38-13-41-23)16-8-15-1-4-39-27(15)40-10-16)42-21(45)12-44-25-22(24(43-44)26(32)33)28(34,35)2-3-29(25,36)37/h1,4-5,8-11,13,18,20,26H,2-3,6-7,12H2,(H,39,40)(H,42,45). The number of alkyl halides is 7. The van der Waals surface area contributed by atoms with E-state index in [1.807, 2.05) is 0 Å². The van der Waals surface area contributed by atoms with Crippen LogP contribution in [0.15, 0.2) is 60.6 Å². The SMILES string of the molecule is O=C(Cn1nc(C(F)F)c2c1C(F)(F)CCC2(F)F)NC(CC1=CC(F)=CC(F)C1)c1ncncc1-c1cnc2[nH]ccc2c1. The van der Waals surface area contributed by atoms with Gasteiger partial charge in [-0.2, -0.15) is 13.9 Å². The van der Waals surface area contributed by atoms with Gasteiger partial charge in [-0.1, -0.05) is 5.57 Å². The number of aromatic nitrogens is 6. The molecule has 4 aromatic heterocycles. The van der Waals surface area contributed by atoms with Gasteiger partial charge in [-0.05, 0) is 30.7 Å². The lowest BCUT2D eigenvalue weighted by Gasteiger charge is -2.29. The predicted octanol–water partition coefficient (Wildman–Crippen LogP) is 6.90. The first kappa shape index (κ1) is 30.4. The maximum Gasteiger partial charge on any atom is 0.290 e. The monoisotopic (exact) mass is 637 g/mol. The molecule has 2 aliphatic carbocycles. The second-order valence-corrected chi connectivity index (χ2v) is 10.8. The van der Waals surface area contributed by atoms with E-state index in [1.165, 1.54) is 12.4 Å². The molecule has 0 aromatic carbocycles. The quantitative estimate of drug-likeness (QED) is 0.205. The smallest absolute Gasteiger partial charge is 0.290 e. The maximum atomic E-state index is 14.9. The Morgan fingerprint density at radius 3 is 2.64 bits per heavy atom. The number of nitrogens with zero attached hydrogens (tertiary/aromatic N) is 5. The minimum absolute atomic E-state index is 0.161. The molecule has 8 nitrogen and oxygen atoms in total. The van der Waals surface area contributed by atoms with Gasteiger partial charge in [0.2, 0.25) is 5.91 Å². The first-order chi connectivity index (χ1) is 21.3. The summed E-state index contributed by atoms with van der Waals surface area (Å²) in [5.74, 6) is -9.90. The number of fused-ring (bicyclic) bond motifs is 2. The first-order valence-corrected chi connectivity index (χ1v) is 13.7. The number of hydrogen-bond donors (Lipinski definition) is 2. The summed E-state index contributed by atoms with van der Waals surface area (Å²) in [5, 5.41) is 6.59. The Hall–Kier alpha value is -4.63. The van der Waals surface area contributed by atoms with Crippen LogP contribution in [0.25, 0.3) is 22.2 Å². The van der Waals surface area contributed by atoms with Crippen LogP contribution in [0.4, 0.5) is 35.1 Å². The van der Waals surface area contributed by atoms with E-state index in [2.05, 4.69) is 30.4 Å². The second kappa shape index (κ2) is 11.4. The lowest BCUT2D eigenvalue weighted by atomic mass is 9.89. The van der Waals surface area contributed by atoms with E-state index in [4.69, 9.17) is 0 Å². The Balaban J connectivity index is 1.38. The molecule has 0 fully saturated rings. The van der Waals surface area contributed by atoms with Crippen molar-refractivity contribution in [3.05, 3.63) is 83.2 Å². The lowest BCUT2D eigenvalue weighted by molar-refractivity contribution is -0.123. The molecule has 6 rings (SSSR count). The van der Waals surface area contributed by atoms with E-state index in [9.17, 15) is 39.9 Å². The topological polar surface area (TPSA) is 101 Å². The van der Waals surface area contributed by atoms with Gasteiger partial charge in [0.15, 0.2) is 0 Å². The summed E-state index contributed by atoms with van der Waals surface area (Å²) < 4.78 is 115. The maximum absolute atomic E-state index is 14.9. The Bertz CT molecular complexity index is 1830. The largest absolute Gasteiger partial charge is 0.346 e. The molecular weight excluding hydrogens is 614 g/mol. The molecule has 1 amide bonds. The van der Waals surface area contributed by atoms with Crippen LogP contribution in [-0.4, -0.2) is 41.8 Å². The molecule has 0 radical (unpaired) electrons. The Morgan fingerprint density at radius 1 is 1.11 bits per heavy atom. The van der Waals surface area contributed by atoms with E-state index in [0.717, 1.165) is 23.9 Å². The molecule has 0 bridgehead atoms. The molecule has 2 atom stereocenters. The predicted molar refractivity (Wildman–Crippen MR) is 144 cm³/mol.